The first-order valence-electron chi connectivity index (χ1n) is 5.69. The van der Waals surface area contributed by atoms with Gasteiger partial charge in [0.05, 0.1) is 26.4 Å². The Morgan fingerprint density at radius 1 is 1.28 bits per heavy atom. The van der Waals surface area contributed by atoms with Gasteiger partial charge in [0.15, 0.2) is 0 Å². The number of aromatic nitrogens is 1. The summed E-state index contributed by atoms with van der Waals surface area (Å²) >= 11 is 0. The number of hydrogen-bond donors (Lipinski definition) is 3. The van der Waals surface area contributed by atoms with Crippen LogP contribution in [0.25, 0.3) is 10.8 Å². The molecule has 2 rings (SSSR count). The number of methoxy groups -OCH3 is 1. The second kappa shape index (κ2) is 5.66. The highest BCUT2D eigenvalue weighted by Gasteiger charge is 2.09. The highest BCUT2D eigenvalue weighted by molar-refractivity contribution is 5.92. The van der Waals surface area contributed by atoms with Crippen LogP contribution in [0, 0.1) is 0 Å². The van der Waals surface area contributed by atoms with Gasteiger partial charge in [-0.3, -0.25) is 0 Å². The molecule has 0 saturated heterocycles. The van der Waals surface area contributed by atoms with Crippen LogP contribution in [-0.4, -0.2) is 41.6 Å². The van der Waals surface area contributed by atoms with Gasteiger partial charge in [-0.2, -0.15) is 0 Å². The highest BCUT2D eigenvalue weighted by atomic mass is 16.5. The fourth-order valence-corrected chi connectivity index (χ4v) is 1.73. The molecule has 0 aliphatic carbocycles. The molecule has 0 bridgehead atoms. The Balaban J connectivity index is 2.42. The number of nitrogens with zero attached hydrogens (tertiary/aromatic N) is 1. The first-order valence-corrected chi connectivity index (χ1v) is 5.69. The molecule has 0 unspecified atom stereocenters. The second-order valence-electron chi connectivity index (χ2n) is 3.95. The van der Waals surface area contributed by atoms with Crippen LogP contribution in [-0.2, 0) is 0 Å². The molecule has 1 aromatic carbocycles. The minimum absolute atomic E-state index is 0.154. The highest BCUT2D eigenvalue weighted by Crippen LogP contribution is 2.25. The number of ether oxygens (including phenoxy) is 1. The number of nitrogens with one attached hydrogen (secondary N) is 1. The molecule has 0 aliphatic heterocycles. The Morgan fingerprint density at radius 3 is 2.72 bits per heavy atom. The van der Waals surface area contributed by atoms with Crippen LogP contribution in [0.3, 0.4) is 0 Å². The minimum atomic E-state index is -0.422. The van der Waals surface area contributed by atoms with Gasteiger partial charge in [-0.25, -0.2) is 4.98 Å². The Hall–Kier alpha value is -1.85. The zero-order chi connectivity index (χ0) is 13.0. The Morgan fingerprint density at radius 2 is 2.06 bits per heavy atom. The van der Waals surface area contributed by atoms with Gasteiger partial charge in [-0.1, -0.05) is 6.07 Å². The first kappa shape index (κ1) is 12.6. The van der Waals surface area contributed by atoms with Gasteiger partial charge < -0.3 is 20.3 Å². The van der Waals surface area contributed by atoms with Gasteiger partial charge in [0, 0.05) is 11.6 Å². The van der Waals surface area contributed by atoms with Gasteiger partial charge >= 0.3 is 0 Å². The summed E-state index contributed by atoms with van der Waals surface area (Å²) in [5.41, 5.74) is 0. The summed E-state index contributed by atoms with van der Waals surface area (Å²) < 4.78 is 5.18. The zero-order valence-electron chi connectivity index (χ0n) is 10.1. The molecule has 0 fully saturated rings. The molecule has 5 heteroatoms. The van der Waals surface area contributed by atoms with Crippen molar-refractivity contribution in [3.05, 3.63) is 30.5 Å². The zero-order valence-corrected chi connectivity index (χ0v) is 10.1. The van der Waals surface area contributed by atoms with Crippen molar-refractivity contribution < 1.29 is 14.9 Å². The summed E-state index contributed by atoms with van der Waals surface area (Å²) in [4.78, 5) is 4.23. The largest absolute Gasteiger partial charge is 0.497 e. The summed E-state index contributed by atoms with van der Waals surface area (Å²) in [6.45, 7) is -0.308. The molecule has 0 radical (unpaired) electrons. The van der Waals surface area contributed by atoms with Gasteiger partial charge in [0.1, 0.15) is 11.6 Å². The molecule has 0 atom stereocenters. The number of pyridine rings is 1. The fourth-order valence-electron chi connectivity index (χ4n) is 1.73. The number of hydrogen-bond acceptors (Lipinski definition) is 5. The quantitative estimate of drug-likeness (QED) is 0.736. The lowest BCUT2D eigenvalue weighted by Crippen LogP contribution is -2.28. The third-order valence-electron chi connectivity index (χ3n) is 2.75. The molecule has 0 saturated carbocycles. The predicted octanol–water partition coefficient (Wildman–Crippen LogP) is 1.01. The van der Waals surface area contributed by atoms with E-state index in [1.54, 1.807) is 13.3 Å². The first-order chi connectivity index (χ1) is 8.78. The Kier molecular flexibility index (Phi) is 3.96. The number of aliphatic hydroxyl groups is 2. The van der Waals surface area contributed by atoms with E-state index in [2.05, 4.69) is 10.3 Å². The molecular weight excluding hydrogens is 232 g/mol. The molecule has 0 spiro atoms. The van der Waals surface area contributed by atoms with Crippen molar-refractivity contribution in [3.8, 4) is 5.75 Å². The number of fused-ring (bicyclic) bond motifs is 1. The topological polar surface area (TPSA) is 74.6 Å². The SMILES string of the molecule is COc1ccc2ccnc(NC(CO)CO)c2c1. The van der Waals surface area contributed by atoms with Gasteiger partial charge in [-0.15, -0.1) is 0 Å². The van der Waals surface area contributed by atoms with E-state index in [4.69, 9.17) is 14.9 Å². The van der Waals surface area contributed by atoms with Crippen LogP contribution < -0.4 is 10.1 Å². The van der Waals surface area contributed by atoms with Crippen molar-refractivity contribution in [2.75, 3.05) is 25.6 Å². The second-order valence-corrected chi connectivity index (χ2v) is 3.95. The van der Waals surface area contributed by atoms with E-state index in [-0.39, 0.29) is 13.2 Å². The number of anilines is 1. The van der Waals surface area contributed by atoms with E-state index in [0.717, 1.165) is 16.5 Å². The molecular formula is C13H16N2O3. The predicted molar refractivity (Wildman–Crippen MR) is 69.9 cm³/mol. The summed E-state index contributed by atoms with van der Waals surface area (Å²) in [5.74, 6) is 1.36. The number of benzene rings is 1. The van der Waals surface area contributed by atoms with E-state index in [0.29, 0.717) is 5.82 Å². The van der Waals surface area contributed by atoms with Crippen molar-refractivity contribution in [1.29, 1.82) is 0 Å². The van der Waals surface area contributed by atoms with Crippen molar-refractivity contribution >= 4 is 16.6 Å². The van der Waals surface area contributed by atoms with E-state index >= 15 is 0 Å². The molecule has 18 heavy (non-hydrogen) atoms. The fraction of sp³-hybridized carbons (Fsp3) is 0.308. The molecule has 0 aliphatic rings. The number of rotatable bonds is 5. The lowest BCUT2D eigenvalue weighted by Gasteiger charge is -2.15. The number of aliphatic hydroxyl groups excluding tert-OH is 2. The average Bonchev–Trinajstić information content (AvgIpc) is 2.44. The summed E-state index contributed by atoms with van der Waals surface area (Å²) in [7, 11) is 1.61. The van der Waals surface area contributed by atoms with Crippen LogP contribution in [0.4, 0.5) is 5.82 Å². The lowest BCUT2D eigenvalue weighted by atomic mass is 10.1. The van der Waals surface area contributed by atoms with Gasteiger partial charge in [-0.05, 0) is 23.6 Å². The lowest BCUT2D eigenvalue weighted by molar-refractivity contribution is 0.203. The molecule has 2 aromatic rings. The third kappa shape index (κ3) is 2.52. The van der Waals surface area contributed by atoms with E-state index in [9.17, 15) is 0 Å². The summed E-state index contributed by atoms with van der Waals surface area (Å²) in [6, 6.07) is 7.16. The average molecular weight is 248 g/mol. The van der Waals surface area contributed by atoms with E-state index < -0.39 is 6.04 Å². The maximum absolute atomic E-state index is 9.09. The van der Waals surface area contributed by atoms with Crippen LogP contribution in [0.15, 0.2) is 30.5 Å². The molecule has 1 aromatic heterocycles. The maximum Gasteiger partial charge on any atom is 0.134 e. The summed E-state index contributed by atoms with van der Waals surface area (Å²) in [6.07, 6.45) is 1.68. The van der Waals surface area contributed by atoms with E-state index in [1.807, 2.05) is 24.3 Å². The van der Waals surface area contributed by atoms with Crippen LogP contribution in [0.2, 0.25) is 0 Å². The van der Waals surface area contributed by atoms with Crippen molar-refractivity contribution in [2.45, 2.75) is 6.04 Å². The van der Waals surface area contributed by atoms with Crippen LogP contribution in [0.1, 0.15) is 0 Å². The Labute approximate surface area is 105 Å². The smallest absolute Gasteiger partial charge is 0.134 e. The van der Waals surface area contributed by atoms with Crippen molar-refractivity contribution in [1.82, 2.24) is 4.98 Å². The molecule has 5 nitrogen and oxygen atoms in total. The normalized spacial score (nSPS) is 10.9. The van der Waals surface area contributed by atoms with E-state index in [1.165, 1.54) is 0 Å². The van der Waals surface area contributed by atoms with Gasteiger partial charge in [0.25, 0.3) is 0 Å². The standard InChI is InChI=1S/C13H16N2O3/c1-18-11-3-2-9-4-5-14-13(12(9)6-11)15-10(7-16)8-17/h2-6,10,16-17H,7-8H2,1H3,(H,14,15). The van der Waals surface area contributed by atoms with Crippen molar-refractivity contribution in [3.63, 3.8) is 0 Å². The maximum atomic E-state index is 9.09. The molecule has 1 heterocycles. The molecule has 3 N–H and O–H groups in total. The molecule has 96 valence electrons. The van der Waals surface area contributed by atoms with Crippen LogP contribution in [0.5, 0.6) is 5.75 Å². The summed E-state index contributed by atoms with van der Waals surface area (Å²) in [5, 5.41) is 23.1. The van der Waals surface area contributed by atoms with Crippen molar-refractivity contribution in [2.24, 2.45) is 0 Å². The van der Waals surface area contributed by atoms with Gasteiger partial charge in [0.2, 0.25) is 0 Å². The Bertz CT molecular complexity index is 527. The minimum Gasteiger partial charge on any atom is -0.497 e. The third-order valence-corrected chi connectivity index (χ3v) is 2.75. The molecule has 0 amide bonds. The monoisotopic (exact) mass is 248 g/mol. The van der Waals surface area contributed by atoms with Crippen LogP contribution >= 0.6 is 0 Å².